The number of ketones is 2. The molecule has 9 atom stereocenters. The molecule has 226 valence electrons. The summed E-state index contributed by atoms with van der Waals surface area (Å²) in [6, 6.07) is 4.52. The minimum absolute atomic E-state index is 0.000382. The maximum Gasteiger partial charge on any atom is 0.223 e. The van der Waals surface area contributed by atoms with Gasteiger partial charge in [-0.3, -0.25) is 14.4 Å². The Balaban J connectivity index is 0.000000652. The van der Waals surface area contributed by atoms with E-state index in [0.29, 0.717) is 18.6 Å². The zero-order valence-electron chi connectivity index (χ0n) is 24.7. The van der Waals surface area contributed by atoms with E-state index >= 15 is 4.39 Å². The summed E-state index contributed by atoms with van der Waals surface area (Å²) in [5.74, 6) is 0.0390. The normalized spacial score (nSPS) is 39.5. The van der Waals surface area contributed by atoms with Crippen LogP contribution in [0.1, 0.15) is 58.3 Å². The molecule has 1 heterocycles. The van der Waals surface area contributed by atoms with Crippen molar-refractivity contribution in [2.45, 2.75) is 70.6 Å². The number of carbonyl (C=O) groups is 3. The van der Waals surface area contributed by atoms with E-state index in [4.69, 9.17) is 14.2 Å². The molecule has 1 N–H and O–H groups in total. The molecule has 3 saturated carbocycles. The highest BCUT2D eigenvalue weighted by atomic mass is 32.2. The summed E-state index contributed by atoms with van der Waals surface area (Å²) in [7, 11) is 1.47. The lowest BCUT2D eigenvalue weighted by molar-refractivity contribution is -0.195. The van der Waals surface area contributed by atoms with E-state index < -0.39 is 40.7 Å². The van der Waals surface area contributed by atoms with Gasteiger partial charge in [0.15, 0.2) is 23.5 Å². The van der Waals surface area contributed by atoms with Crippen LogP contribution in [0.5, 0.6) is 5.75 Å². The number of methoxy groups -OCH3 is 1. The number of fused-ring (bicyclic) bond motifs is 7. The first kappa shape index (κ1) is 30.9. The Morgan fingerprint density at radius 3 is 2.62 bits per heavy atom. The van der Waals surface area contributed by atoms with Crippen LogP contribution in [0.2, 0.25) is 0 Å². The van der Waals surface area contributed by atoms with Crippen molar-refractivity contribution in [3.63, 3.8) is 0 Å². The Labute approximate surface area is 250 Å². The Kier molecular flexibility index (Phi) is 8.20. The van der Waals surface area contributed by atoms with Crippen molar-refractivity contribution in [2.75, 3.05) is 13.4 Å². The maximum absolute atomic E-state index is 15.0. The molecule has 4 fully saturated rings. The molecule has 42 heavy (non-hydrogen) atoms. The number of halogens is 1. The second-order valence-electron chi connectivity index (χ2n) is 12.5. The summed E-state index contributed by atoms with van der Waals surface area (Å²) in [4.78, 5) is 35.5. The SMILES string of the molecule is C=CC(C)=O.COc1ccc([C@@H]2O[C@@H]3CC4C5CCC6=CC(=O)C=CC6(C)C5C(O)CC4(C)C3(C(=O)SC)O2)c(F)c1. The molecular weight excluding hydrogens is 559 g/mol. The van der Waals surface area contributed by atoms with Crippen molar-refractivity contribution in [1.29, 1.82) is 0 Å². The van der Waals surface area contributed by atoms with Gasteiger partial charge in [0.1, 0.15) is 11.6 Å². The van der Waals surface area contributed by atoms with Crippen molar-refractivity contribution < 1.29 is 38.1 Å². The van der Waals surface area contributed by atoms with Gasteiger partial charge in [-0.1, -0.05) is 43.8 Å². The fourth-order valence-electron chi connectivity index (χ4n) is 8.53. The molecule has 0 spiro atoms. The number of thioether (sulfide) groups is 1. The summed E-state index contributed by atoms with van der Waals surface area (Å²) < 4.78 is 33.1. The van der Waals surface area contributed by atoms with Gasteiger partial charge in [0.2, 0.25) is 5.12 Å². The average molecular weight is 599 g/mol. The van der Waals surface area contributed by atoms with E-state index in [-0.39, 0.29) is 40.0 Å². The van der Waals surface area contributed by atoms with Crippen LogP contribution in [0, 0.1) is 34.4 Å². The summed E-state index contributed by atoms with van der Waals surface area (Å²) >= 11 is 1.10. The van der Waals surface area contributed by atoms with Gasteiger partial charge in [0.05, 0.1) is 19.3 Å². The predicted octanol–water partition coefficient (Wildman–Crippen LogP) is 5.53. The number of hydrogen-bond acceptors (Lipinski definition) is 8. The van der Waals surface area contributed by atoms with Crippen LogP contribution in [0.15, 0.2) is 54.7 Å². The topological polar surface area (TPSA) is 99.1 Å². The van der Waals surface area contributed by atoms with Gasteiger partial charge in [-0.25, -0.2) is 4.39 Å². The van der Waals surface area contributed by atoms with Crippen molar-refractivity contribution in [1.82, 2.24) is 0 Å². The molecule has 5 aliphatic rings. The van der Waals surface area contributed by atoms with Gasteiger partial charge >= 0.3 is 0 Å². The number of carbonyl (C=O) groups excluding carboxylic acids is 3. The summed E-state index contributed by atoms with van der Waals surface area (Å²) in [6.45, 7) is 8.85. The smallest absolute Gasteiger partial charge is 0.223 e. The van der Waals surface area contributed by atoms with Gasteiger partial charge in [-0.05, 0) is 81.1 Å². The first-order valence-electron chi connectivity index (χ1n) is 14.4. The lowest BCUT2D eigenvalue weighted by atomic mass is 9.46. The van der Waals surface area contributed by atoms with Gasteiger partial charge in [-0.2, -0.15) is 0 Å². The molecule has 1 aromatic rings. The average Bonchev–Trinajstić information content (AvgIpc) is 3.45. The lowest BCUT2D eigenvalue weighted by Gasteiger charge is -2.59. The van der Waals surface area contributed by atoms with Crippen LogP contribution in [0.4, 0.5) is 4.39 Å². The largest absolute Gasteiger partial charge is 0.497 e. The monoisotopic (exact) mass is 598 g/mol. The van der Waals surface area contributed by atoms with E-state index in [1.807, 2.05) is 6.08 Å². The third-order valence-electron chi connectivity index (χ3n) is 10.5. The molecule has 6 rings (SSSR count). The first-order valence-corrected chi connectivity index (χ1v) is 15.6. The molecular formula is C33H39FO7S. The highest BCUT2D eigenvalue weighted by Gasteiger charge is 2.76. The minimum Gasteiger partial charge on any atom is -0.497 e. The Hall–Kier alpha value is -2.59. The van der Waals surface area contributed by atoms with E-state index in [1.54, 1.807) is 30.5 Å². The van der Waals surface area contributed by atoms with Gasteiger partial charge in [0, 0.05) is 28.4 Å². The minimum atomic E-state index is -1.30. The van der Waals surface area contributed by atoms with Gasteiger partial charge in [-0.15, -0.1) is 0 Å². The molecule has 0 amide bonds. The summed E-state index contributed by atoms with van der Waals surface area (Å²) in [5.41, 5.74) is -1.07. The fraction of sp³-hybridized carbons (Fsp3) is 0.545. The second-order valence-corrected chi connectivity index (χ2v) is 13.2. The maximum atomic E-state index is 15.0. The number of aliphatic hydroxyl groups excluding tert-OH is 1. The highest BCUT2D eigenvalue weighted by molar-refractivity contribution is 8.13. The van der Waals surface area contributed by atoms with Crippen molar-refractivity contribution >= 4 is 28.4 Å². The number of benzene rings is 1. The second kappa shape index (κ2) is 11.2. The molecule has 1 aliphatic heterocycles. The molecule has 9 heteroatoms. The molecule has 0 radical (unpaired) electrons. The molecule has 1 aromatic carbocycles. The van der Waals surface area contributed by atoms with Crippen LogP contribution >= 0.6 is 11.8 Å². The number of rotatable bonds is 4. The first-order chi connectivity index (χ1) is 19.9. The highest BCUT2D eigenvalue weighted by Crippen LogP contribution is 2.71. The van der Waals surface area contributed by atoms with Crippen LogP contribution in [0.25, 0.3) is 0 Å². The van der Waals surface area contributed by atoms with Crippen molar-refractivity contribution in [2.24, 2.45) is 28.6 Å². The van der Waals surface area contributed by atoms with E-state index in [2.05, 4.69) is 20.4 Å². The number of aliphatic hydroxyl groups is 1. The molecule has 7 nitrogen and oxygen atoms in total. The number of allylic oxidation sites excluding steroid dienone is 5. The van der Waals surface area contributed by atoms with Crippen molar-refractivity contribution in [3.05, 3.63) is 66.0 Å². The molecule has 7 unspecified atom stereocenters. The number of ether oxygens (including phenoxy) is 3. The van der Waals surface area contributed by atoms with Crippen molar-refractivity contribution in [3.8, 4) is 5.75 Å². The van der Waals surface area contributed by atoms with Crippen LogP contribution in [-0.2, 0) is 23.9 Å². The zero-order valence-corrected chi connectivity index (χ0v) is 25.5. The number of hydrogen-bond donors (Lipinski definition) is 1. The lowest BCUT2D eigenvalue weighted by Crippen LogP contribution is -2.62. The quantitative estimate of drug-likeness (QED) is 0.452. The van der Waals surface area contributed by atoms with E-state index in [0.717, 1.165) is 30.2 Å². The van der Waals surface area contributed by atoms with Crippen LogP contribution < -0.4 is 4.74 Å². The third kappa shape index (κ3) is 4.55. The molecule has 0 aromatic heterocycles. The van der Waals surface area contributed by atoms with Crippen LogP contribution in [-0.4, -0.2) is 53.0 Å². The van der Waals surface area contributed by atoms with Crippen LogP contribution in [0.3, 0.4) is 0 Å². The fourth-order valence-corrected chi connectivity index (χ4v) is 9.25. The third-order valence-corrected chi connectivity index (χ3v) is 11.1. The Morgan fingerprint density at radius 2 is 2.00 bits per heavy atom. The van der Waals surface area contributed by atoms with E-state index in [1.165, 1.54) is 26.2 Å². The standard InChI is InChI=1S/C29H33FO6S.C4H6O/c1-27-10-9-16(31)11-15(27)5-7-18-20-13-23-29(26(33)37-4,28(20,2)14-22(32)24(18)27)36-25(35-23)19-8-6-17(34-3)12-21(19)30;1-3-4(2)5/h6,8-12,18,20,22-25,32H,5,7,13-14H2,1-4H3;3H,1H2,2H3/t18?,20?,22?,23-,24?,25-,27?,28?,29?;/m1./s1. The summed E-state index contributed by atoms with van der Waals surface area (Å²) in [5, 5.41) is 11.6. The predicted molar refractivity (Wildman–Crippen MR) is 157 cm³/mol. The summed E-state index contributed by atoms with van der Waals surface area (Å²) in [6.07, 6.45) is 8.66. The Bertz CT molecular complexity index is 1370. The molecule has 0 bridgehead atoms. The molecule has 1 saturated heterocycles. The molecule has 4 aliphatic carbocycles. The zero-order chi connectivity index (χ0) is 30.6. The van der Waals surface area contributed by atoms with Gasteiger partial charge in [0.25, 0.3) is 0 Å². The Morgan fingerprint density at radius 1 is 1.29 bits per heavy atom. The van der Waals surface area contributed by atoms with E-state index in [9.17, 15) is 19.5 Å². The van der Waals surface area contributed by atoms with Gasteiger partial charge < -0.3 is 19.3 Å².